The number of thiophene rings is 1. The highest BCUT2D eigenvalue weighted by molar-refractivity contribution is 9.11. The lowest BCUT2D eigenvalue weighted by Crippen LogP contribution is -2.25. The van der Waals surface area contributed by atoms with Crippen LogP contribution in [0.1, 0.15) is 30.6 Å². The Hall–Kier alpha value is 0.140. The number of halogens is 1. The molecule has 1 aromatic heterocycles. The third kappa shape index (κ3) is 2.36. The van der Waals surface area contributed by atoms with Crippen LogP contribution in [-0.2, 0) is 6.54 Å². The third-order valence-corrected chi connectivity index (χ3v) is 5.84. The highest BCUT2D eigenvalue weighted by Gasteiger charge is 2.38. The molecule has 2 aliphatic carbocycles. The van der Waals surface area contributed by atoms with E-state index in [2.05, 4.69) is 33.4 Å². The fraction of sp³-hybridized carbons (Fsp3) is 0.692. The average molecular weight is 300 g/mol. The second kappa shape index (κ2) is 4.79. The van der Waals surface area contributed by atoms with Crippen LogP contribution in [0.15, 0.2) is 15.9 Å². The SMILES string of the molecule is Brc1ccc(CNCC2CC3CCC2C3)s1. The van der Waals surface area contributed by atoms with Crippen LogP contribution in [0, 0.1) is 17.8 Å². The lowest BCUT2D eigenvalue weighted by molar-refractivity contribution is 0.319. The van der Waals surface area contributed by atoms with Gasteiger partial charge in [-0.1, -0.05) is 6.42 Å². The van der Waals surface area contributed by atoms with Crippen molar-refractivity contribution in [1.29, 1.82) is 0 Å². The molecule has 0 aliphatic heterocycles. The minimum Gasteiger partial charge on any atom is -0.312 e. The zero-order valence-electron chi connectivity index (χ0n) is 9.42. The van der Waals surface area contributed by atoms with E-state index in [4.69, 9.17) is 0 Å². The van der Waals surface area contributed by atoms with Gasteiger partial charge in [0, 0.05) is 11.4 Å². The maximum absolute atomic E-state index is 3.63. The topological polar surface area (TPSA) is 12.0 Å². The summed E-state index contributed by atoms with van der Waals surface area (Å²) in [6.45, 7) is 2.28. The van der Waals surface area contributed by atoms with Crippen molar-refractivity contribution in [3.8, 4) is 0 Å². The van der Waals surface area contributed by atoms with Crippen molar-refractivity contribution in [2.75, 3.05) is 6.54 Å². The molecule has 16 heavy (non-hydrogen) atoms. The number of nitrogens with one attached hydrogen (secondary N) is 1. The van der Waals surface area contributed by atoms with Crippen molar-refractivity contribution in [1.82, 2.24) is 5.32 Å². The Balaban J connectivity index is 1.44. The first kappa shape index (κ1) is 11.2. The standard InChI is InChI=1S/C13H18BrNS/c14-13-4-3-12(16-13)8-15-7-11-6-9-1-2-10(11)5-9/h3-4,9-11,15H,1-2,5-8H2. The predicted molar refractivity (Wildman–Crippen MR) is 72.7 cm³/mol. The number of hydrogen-bond acceptors (Lipinski definition) is 2. The summed E-state index contributed by atoms with van der Waals surface area (Å²) in [5, 5.41) is 3.63. The third-order valence-electron chi connectivity index (χ3n) is 4.22. The Bertz CT molecular complexity index is 363. The van der Waals surface area contributed by atoms with Gasteiger partial charge in [0.15, 0.2) is 0 Å². The molecule has 1 heterocycles. The molecule has 88 valence electrons. The molecule has 2 fully saturated rings. The molecule has 3 rings (SSSR count). The predicted octanol–water partition coefficient (Wildman–Crippen LogP) is 4.04. The molecule has 1 aromatic rings. The van der Waals surface area contributed by atoms with Gasteiger partial charge < -0.3 is 5.32 Å². The van der Waals surface area contributed by atoms with E-state index in [1.165, 1.54) is 40.9 Å². The number of rotatable bonds is 4. The Labute approximate surface area is 110 Å². The van der Waals surface area contributed by atoms with Gasteiger partial charge in [-0.25, -0.2) is 0 Å². The smallest absolute Gasteiger partial charge is 0.0701 e. The molecule has 3 heteroatoms. The summed E-state index contributed by atoms with van der Waals surface area (Å²) in [7, 11) is 0. The first-order valence-electron chi connectivity index (χ1n) is 6.26. The molecule has 2 aliphatic rings. The Kier molecular flexibility index (Phi) is 3.37. The highest BCUT2D eigenvalue weighted by atomic mass is 79.9. The van der Waals surface area contributed by atoms with Gasteiger partial charge in [0.2, 0.25) is 0 Å². The molecule has 3 unspecified atom stereocenters. The monoisotopic (exact) mass is 299 g/mol. The van der Waals surface area contributed by atoms with Crippen molar-refractivity contribution in [3.05, 3.63) is 20.8 Å². The summed E-state index contributed by atoms with van der Waals surface area (Å²) >= 11 is 5.35. The van der Waals surface area contributed by atoms with Gasteiger partial charge in [0.1, 0.15) is 0 Å². The minimum atomic E-state index is 0.974. The normalized spacial score (nSPS) is 32.4. The van der Waals surface area contributed by atoms with E-state index in [1.54, 1.807) is 0 Å². The molecule has 0 spiro atoms. The highest BCUT2D eigenvalue weighted by Crippen LogP contribution is 2.47. The van der Waals surface area contributed by atoms with Crippen LogP contribution in [0.4, 0.5) is 0 Å². The first-order valence-corrected chi connectivity index (χ1v) is 7.87. The zero-order chi connectivity index (χ0) is 11.0. The van der Waals surface area contributed by atoms with Gasteiger partial charge in [0.05, 0.1) is 3.79 Å². The van der Waals surface area contributed by atoms with E-state index in [1.807, 2.05) is 11.3 Å². The molecular formula is C13H18BrNS. The minimum absolute atomic E-state index is 0.974. The van der Waals surface area contributed by atoms with Crippen LogP contribution in [-0.4, -0.2) is 6.54 Å². The van der Waals surface area contributed by atoms with Crippen molar-refractivity contribution in [2.24, 2.45) is 17.8 Å². The average Bonchev–Trinajstić information content (AvgIpc) is 2.94. The summed E-state index contributed by atoms with van der Waals surface area (Å²) in [4.78, 5) is 1.44. The summed E-state index contributed by atoms with van der Waals surface area (Å²) in [6.07, 6.45) is 6.03. The molecule has 0 aromatic carbocycles. The van der Waals surface area contributed by atoms with Gasteiger partial charge in [-0.05, 0) is 71.6 Å². The van der Waals surface area contributed by atoms with Crippen LogP contribution in [0.25, 0.3) is 0 Å². The summed E-state index contributed by atoms with van der Waals surface area (Å²) in [5.41, 5.74) is 0. The van der Waals surface area contributed by atoms with Crippen molar-refractivity contribution in [2.45, 2.75) is 32.2 Å². The lowest BCUT2D eigenvalue weighted by atomic mass is 9.89. The van der Waals surface area contributed by atoms with Crippen molar-refractivity contribution >= 4 is 27.3 Å². The zero-order valence-corrected chi connectivity index (χ0v) is 11.8. The molecule has 2 saturated carbocycles. The van der Waals surface area contributed by atoms with Gasteiger partial charge in [-0.3, -0.25) is 0 Å². The van der Waals surface area contributed by atoms with E-state index in [0.29, 0.717) is 0 Å². The number of hydrogen-bond donors (Lipinski definition) is 1. The van der Waals surface area contributed by atoms with Crippen molar-refractivity contribution in [3.63, 3.8) is 0 Å². The van der Waals surface area contributed by atoms with E-state index >= 15 is 0 Å². The van der Waals surface area contributed by atoms with Crippen LogP contribution in [0.5, 0.6) is 0 Å². The molecule has 1 nitrogen and oxygen atoms in total. The van der Waals surface area contributed by atoms with E-state index in [0.717, 1.165) is 24.3 Å². The lowest BCUT2D eigenvalue weighted by Gasteiger charge is -2.21. The molecule has 0 saturated heterocycles. The van der Waals surface area contributed by atoms with E-state index < -0.39 is 0 Å². The molecule has 0 amide bonds. The van der Waals surface area contributed by atoms with Gasteiger partial charge in [0.25, 0.3) is 0 Å². The maximum Gasteiger partial charge on any atom is 0.0701 e. The van der Waals surface area contributed by atoms with Gasteiger partial charge in [-0.15, -0.1) is 11.3 Å². The summed E-state index contributed by atoms with van der Waals surface area (Å²) in [6, 6.07) is 4.35. The number of fused-ring (bicyclic) bond motifs is 2. The van der Waals surface area contributed by atoms with E-state index in [9.17, 15) is 0 Å². The molecule has 1 N–H and O–H groups in total. The summed E-state index contributed by atoms with van der Waals surface area (Å²) < 4.78 is 1.24. The molecule has 0 radical (unpaired) electrons. The second-order valence-corrected chi connectivity index (χ2v) is 7.82. The van der Waals surface area contributed by atoms with Gasteiger partial charge in [-0.2, -0.15) is 0 Å². The first-order chi connectivity index (χ1) is 7.81. The second-order valence-electron chi connectivity index (χ2n) is 5.27. The quantitative estimate of drug-likeness (QED) is 0.885. The molecular weight excluding hydrogens is 282 g/mol. The molecule has 3 atom stereocenters. The maximum atomic E-state index is 3.63. The van der Waals surface area contributed by atoms with Crippen LogP contribution in [0.3, 0.4) is 0 Å². The fourth-order valence-electron chi connectivity index (χ4n) is 3.45. The van der Waals surface area contributed by atoms with Crippen LogP contribution < -0.4 is 5.32 Å². The van der Waals surface area contributed by atoms with Crippen molar-refractivity contribution < 1.29 is 0 Å². The largest absolute Gasteiger partial charge is 0.312 e. The molecule has 2 bridgehead atoms. The van der Waals surface area contributed by atoms with Crippen LogP contribution >= 0.6 is 27.3 Å². The summed E-state index contributed by atoms with van der Waals surface area (Å²) in [5.74, 6) is 3.10. The Morgan fingerprint density at radius 1 is 1.31 bits per heavy atom. The fourth-order valence-corrected chi connectivity index (χ4v) is 4.91. The Morgan fingerprint density at radius 2 is 2.25 bits per heavy atom. The Morgan fingerprint density at radius 3 is 2.88 bits per heavy atom. The van der Waals surface area contributed by atoms with Crippen LogP contribution in [0.2, 0.25) is 0 Å². The van der Waals surface area contributed by atoms with E-state index in [-0.39, 0.29) is 0 Å². The van der Waals surface area contributed by atoms with Gasteiger partial charge >= 0.3 is 0 Å².